The first kappa shape index (κ1) is 23.3. The van der Waals surface area contributed by atoms with Crippen molar-refractivity contribution in [3.63, 3.8) is 0 Å². The summed E-state index contributed by atoms with van der Waals surface area (Å²) < 4.78 is 21.6. The van der Waals surface area contributed by atoms with Crippen LogP contribution in [0.15, 0.2) is 12.7 Å². The van der Waals surface area contributed by atoms with Gasteiger partial charge in [0.25, 0.3) is 0 Å². The van der Waals surface area contributed by atoms with Crippen LogP contribution < -0.4 is 5.73 Å². The van der Waals surface area contributed by atoms with Crippen LogP contribution in [0, 0.1) is 0 Å². The molecule has 8 nitrogen and oxygen atoms in total. The second kappa shape index (κ2) is 8.66. The highest BCUT2D eigenvalue weighted by molar-refractivity contribution is 6.72. The summed E-state index contributed by atoms with van der Waals surface area (Å²) in [5, 5.41) is 0. The summed E-state index contributed by atoms with van der Waals surface area (Å²) in [5.41, 5.74) is 8.30. The lowest BCUT2D eigenvalue weighted by Crippen LogP contribution is -2.44. The Morgan fingerprint density at radius 2 is 1.77 bits per heavy atom. The zero-order valence-corrected chi connectivity index (χ0v) is 21.5. The largest absolute Gasteiger partial charge is 0.414 e. The van der Waals surface area contributed by atoms with Crippen molar-refractivity contribution in [2.24, 2.45) is 0 Å². The summed E-state index contributed by atoms with van der Waals surface area (Å²) in [6, 6.07) is 0. The van der Waals surface area contributed by atoms with Crippen LogP contribution in [0.5, 0.6) is 0 Å². The second-order valence-electron chi connectivity index (χ2n) is 9.93. The molecule has 1 saturated heterocycles. The third-order valence-corrected chi connectivity index (χ3v) is 14.1. The molecule has 1 fully saturated rings. The van der Waals surface area contributed by atoms with Gasteiger partial charge in [0.2, 0.25) is 0 Å². The van der Waals surface area contributed by atoms with Crippen molar-refractivity contribution in [3.05, 3.63) is 12.7 Å². The zero-order chi connectivity index (χ0) is 22.3. The lowest BCUT2D eigenvalue weighted by Gasteiger charge is -2.34. The number of hydrogen-bond acceptors (Lipinski definition) is 7. The van der Waals surface area contributed by atoms with E-state index in [0.29, 0.717) is 34.7 Å². The minimum Gasteiger partial charge on any atom is -0.414 e. The molecule has 1 aliphatic heterocycles. The van der Waals surface area contributed by atoms with Crippen LogP contribution in [-0.4, -0.2) is 55.0 Å². The van der Waals surface area contributed by atoms with Gasteiger partial charge in [-0.1, -0.05) is 27.7 Å². The number of imidazole rings is 1. The molecule has 0 bridgehead atoms. The Morgan fingerprint density at radius 3 is 2.40 bits per heavy atom. The Labute approximate surface area is 181 Å². The number of rotatable bonds is 8. The number of fused-ring (bicyclic) bond motifs is 1. The molecule has 3 heterocycles. The molecule has 168 valence electrons. The number of ether oxygens (including phenoxy) is 1. The molecule has 0 aromatic carbocycles. The van der Waals surface area contributed by atoms with E-state index >= 15 is 0 Å². The Hall–Kier alpha value is -1.34. The predicted molar refractivity (Wildman–Crippen MR) is 124 cm³/mol. The Kier molecular flexibility index (Phi) is 6.73. The van der Waals surface area contributed by atoms with Gasteiger partial charge in [-0.05, 0) is 37.3 Å². The number of hydrogen-bond donors (Lipinski definition) is 1. The van der Waals surface area contributed by atoms with Crippen LogP contribution in [0.4, 0.5) is 5.82 Å². The van der Waals surface area contributed by atoms with E-state index in [2.05, 4.69) is 68.8 Å². The van der Waals surface area contributed by atoms with Gasteiger partial charge in [0.05, 0.1) is 19.0 Å². The molecule has 3 rings (SSSR count). The molecule has 2 aromatic rings. The van der Waals surface area contributed by atoms with Gasteiger partial charge < -0.3 is 19.3 Å². The summed E-state index contributed by atoms with van der Waals surface area (Å²) in [5.74, 6) is 0.377. The maximum atomic E-state index is 6.72. The molecule has 3 atom stereocenters. The Bertz CT molecular complexity index is 871. The third kappa shape index (κ3) is 4.77. The fourth-order valence-electron chi connectivity index (χ4n) is 3.22. The number of nitrogens with zero attached hydrogens (tertiary/aromatic N) is 4. The van der Waals surface area contributed by atoms with Gasteiger partial charge in [-0.3, -0.25) is 4.57 Å². The van der Waals surface area contributed by atoms with Gasteiger partial charge in [0, 0.05) is 6.42 Å². The topological polar surface area (TPSA) is 97.3 Å². The molecular weight excluding hydrogens is 414 g/mol. The first-order valence-electron chi connectivity index (χ1n) is 10.8. The third-order valence-electron chi connectivity index (χ3n) is 6.73. The highest BCUT2D eigenvalue weighted by atomic mass is 28.4. The van der Waals surface area contributed by atoms with Crippen molar-refractivity contribution in [1.82, 2.24) is 19.5 Å². The molecule has 0 amide bonds. The predicted octanol–water partition coefficient (Wildman–Crippen LogP) is 4.33. The van der Waals surface area contributed by atoms with E-state index in [-0.39, 0.29) is 18.4 Å². The van der Waals surface area contributed by atoms with E-state index in [4.69, 9.17) is 19.3 Å². The van der Waals surface area contributed by atoms with Gasteiger partial charge in [0.1, 0.15) is 24.2 Å². The van der Waals surface area contributed by atoms with Crippen LogP contribution in [0.2, 0.25) is 37.3 Å². The molecule has 30 heavy (non-hydrogen) atoms. The van der Waals surface area contributed by atoms with Crippen molar-refractivity contribution >= 4 is 33.6 Å². The fourth-order valence-corrected chi connectivity index (χ4v) is 5.44. The minimum atomic E-state index is -1.86. The van der Waals surface area contributed by atoms with Gasteiger partial charge in [-0.2, -0.15) is 0 Å². The Balaban J connectivity index is 1.84. The summed E-state index contributed by atoms with van der Waals surface area (Å²) in [7, 11) is -3.63. The molecule has 2 aromatic heterocycles. The van der Waals surface area contributed by atoms with Crippen molar-refractivity contribution in [2.45, 2.75) is 89.8 Å². The zero-order valence-electron chi connectivity index (χ0n) is 19.5. The van der Waals surface area contributed by atoms with E-state index in [1.54, 1.807) is 6.33 Å². The van der Waals surface area contributed by atoms with Gasteiger partial charge >= 0.3 is 0 Å². The number of nitrogens with two attached hydrogens (primary N) is 1. The van der Waals surface area contributed by atoms with Gasteiger partial charge in [0.15, 0.2) is 28.1 Å². The van der Waals surface area contributed by atoms with E-state index < -0.39 is 16.6 Å². The van der Waals surface area contributed by atoms with E-state index in [1.165, 1.54) is 6.33 Å². The fraction of sp³-hybridized carbons (Fsp3) is 0.750. The van der Waals surface area contributed by atoms with Crippen molar-refractivity contribution in [1.29, 1.82) is 0 Å². The molecule has 0 saturated carbocycles. The molecule has 0 unspecified atom stereocenters. The average Bonchev–Trinajstić information content (AvgIpc) is 3.24. The summed E-state index contributed by atoms with van der Waals surface area (Å²) >= 11 is 0. The number of nitrogen functional groups attached to an aromatic ring is 1. The number of anilines is 1. The van der Waals surface area contributed by atoms with Crippen molar-refractivity contribution in [2.75, 3.05) is 12.3 Å². The smallest absolute Gasteiger partial charge is 0.189 e. The normalized spacial score (nSPS) is 23.2. The summed E-state index contributed by atoms with van der Waals surface area (Å²) in [6.07, 6.45) is 3.57. The van der Waals surface area contributed by atoms with Gasteiger partial charge in [-0.25, -0.2) is 15.0 Å². The summed E-state index contributed by atoms with van der Waals surface area (Å²) in [6.45, 7) is 18.6. The lowest BCUT2D eigenvalue weighted by atomic mass is 10.2. The second-order valence-corrected chi connectivity index (χ2v) is 19.2. The van der Waals surface area contributed by atoms with Crippen LogP contribution in [0.3, 0.4) is 0 Å². The number of aromatic nitrogens is 4. The molecular formula is C20H37N5O3Si2. The van der Waals surface area contributed by atoms with Crippen LogP contribution in [0.25, 0.3) is 11.2 Å². The monoisotopic (exact) mass is 451 g/mol. The summed E-state index contributed by atoms with van der Waals surface area (Å²) in [4.78, 5) is 12.8. The van der Waals surface area contributed by atoms with E-state index in [1.807, 2.05) is 4.57 Å². The van der Waals surface area contributed by atoms with Gasteiger partial charge in [-0.15, -0.1) is 0 Å². The van der Waals surface area contributed by atoms with Crippen molar-refractivity contribution in [3.8, 4) is 0 Å². The molecule has 0 radical (unpaired) electrons. The average molecular weight is 452 g/mol. The lowest BCUT2D eigenvalue weighted by molar-refractivity contribution is -0.0375. The SMILES string of the molecule is CC(C)[Si](C)(C)OC[C@H]1O[C@@H](n2cnc3c(N)ncnc32)C[C@H]1O[Si](C)(C)C(C)C. The van der Waals surface area contributed by atoms with Crippen LogP contribution in [-0.2, 0) is 13.6 Å². The highest BCUT2D eigenvalue weighted by Gasteiger charge is 2.43. The van der Waals surface area contributed by atoms with Crippen LogP contribution in [0.1, 0.15) is 40.3 Å². The van der Waals surface area contributed by atoms with E-state index in [9.17, 15) is 0 Å². The van der Waals surface area contributed by atoms with Crippen molar-refractivity contribution < 1.29 is 13.6 Å². The molecule has 1 aliphatic rings. The first-order valence-corrected chi connectivity index (χ1v) is 16.8. The van der Waals surface area contributed by atoms with Crippen LogP contribution >= 0.6 is 0 Å². The maximum absolute atomic E-state index is 6.72. The highest BCUT2D eigenvalue weighted by Crippen LogP contribution is 2.37. The molecule has 10 heteroatoms. The first-order chi connectivity index (χ1) is 13.9. The molecule has 0 spiro atoms. The minimum absolute atomic E-state index is 0.0207. The van der Waals surface area contributed by atoms with E-state index in [0.717, 1.165) is 6.42 Å². The maximum Gasteiger partial charge on any atom is 0.189 e. The molecule has 2 N–H and O–H groups in total. The Morgan fingerprint density at radius 1 is 1.10 bits per heavy atom. The molecule has 0 aliphatic carbocycles. The quantitative estimate of drug-likeness (QED) is 0.597. The standard InChI is InChI=1S/C20H37N5O3Si2/c1-13(2)29(5,6)26-10-16-15(28-30(7,8)14(3)4)9-17(27-16)25-12-24-18-19(21)22-11-23-20(18)25/h11-17H,9-10H2,1-8H3,(H2,21,22,23)/t15-,16-,17-/m1/s1.